The number of benzene rings is 1. The van der Waals surface area contributed by atoms with Gasteiger partial charge in [0.05, 0.1) is 11.3 Å². The molecular formula is C26H31N7O2. The molecule has 3 amide bonds. The van der Waals surface area contributed by atoms with Crippen molar-refractivity contribution >= 4 is 23.4 Å². The Hall–Kier alpha value is -3.98. The van der Waals surface area contributed by atoms with Gasteiger partial charge in [-0.15, -0.1) is 0 Å². The number of nitrogens with zero attached hydrogens (tertiary/aromatic N) is 3. The van der Waals surface area contributed by atoms with Crippen molar-refractivity contribution in [1.29, 1.82) is 0 Å². The molecule has 1 fully saturated rings. The molecule has 2 aromatic heterocycles. The van der Waals surface area contributed by atoms with Gasteiger partial charge in [0, 0.05) is 50.3 Å². The Morgan fingerprint density at radius 1 is 1.03 bits per heavy atom. The lowest BCUT2D eigenvalue weighted by Crippen LogP contribution is -2.28. The van der Waals surface area contributed by atoms with Gasteiger partial charge in [0.2, 0.25) is 0 Å². The summed E-state index contributed by atoms with van der Waals surface area (Å²) in [4.78, 5) is 35.7. The van der Waals surface area contributed by atoms with Crippen LogP contribution in [0.25, 0.3) is 11.3 Å². The standard InChI is InChI=1S/C26H31N7O2/c1-27-25(34)22-10-11-23(32-24(22)29-13-16-33-14-2-3-15-33)20-6-8-21(9-7-20)31-26(35)30-18-19-5-4-12-28-17-19/h4-12,17H,2-3,13-16,18H2,1H3,(H,27,34)(H,29,32)(H2,30,31,35). The minimum Gasteiger partial charge on any atom is -0.368 e. The Morgan fingerprint density at radius 2 is 1.83 bits per heavy atom. The minimum atomic E-state index is -0.292. The van der Waals surface area contributed by atoms with Crippen LogP contribution in [0.5, 0.6) is 0 Å². The highest BCUT2D eigenvalue weighted by Gasteiger charge is 2.15. The molecule has 0 atom stereocenters. The van der Waals surface area contributed by atoms with Gasteiger partial charge in [-0.25, -0.2) is 9.78 Å². The number of carbonyl (C=O) groups excluding carboxylic acids is 2. The van der Waals surface area contributed by atoms with Crippen molar-refractivity contribution in [2.24, 2.45) is 0 Å². The molecule has 0 bridgehead atoms. The zero-order valence-corrected chi connectivity index (χ0v) is 19.9. The number of aromatic nitrogens is 2. The van der Waals surface area contributed by atoms with Gasteiger partial charge in [0.25, 0.3) is 5.91 Å². The number of likely N-dealkylation sites (tertiary alicyclic amines) is 1. The molecule has 35 heavy (non-hydrogen) atoms. The van der Waals surface area contributed by atoms with Crippen LogP contribution in [0.1, 0.15) is 28.8 Å². The monoisotopic (exact) mass is 473 g/mol. The zero-order chi connectivity index (χ0) is 24.5. The summed E-state index contributed by atoms with van der Waals surface area (Å²) >= 11 is 0. The van der Waals surface area contributed by atoms with Crippen molar-refractivity contribution in [3.05, 3.63) is 72.1 Å². The summed E-state index contributed by atoms with van der Waals surface area (Å²) < 4.78 is 0. The molecule has 3 aromatic rings. The Bertz CT molecular complexity index is 1130. The van der Waals surface area contributed by atoms with Crippen LogP contribution >= 0.6 is 0 Å². The number of hydrogen-bond acceptors (Lipinski definition) is 6. The van der Waals surface area contributed by atoms with E-state index in [2.05, 4.69) is 31.2 Å². The van der Waals surface area contributed by atoms with Crippen molar-refractivity contribution < 1.29 is 9.59 Å². The number of hydrogen-bond donors (Lipinski definition) is 4. The first-order valence-corrected chi connectivity index (χ1v) is 11.9. The van der Waals surface area contributed by atoms with E-state index in [0.29, 0.717) is 23.6 Å². The fourth-order valence-corrected chi connectivity index (χ4v) is 4.00. The molecule has 0 radical (unpaired) electrons. The number of rotatable bonds is 9. The molecule has 0 spiro atoms. The lowest BCUT2D eigenvalue weighted by molar-refractivity contribution is 0.0963. The molecule has 1 saturated heterocycles. The van der Waals surface area contributed by atoms with Gasteiger partial charge in [0.15, 0.2) is 0 Å². The topological polar surface area (TPSA) is 111 Å². The molecule has 0 unspecified atom stereocenters. The Balaban J connectivity index is 1.39. The van der Waals surface area contributed by atoms with E-state index in [0.717, 1.165) is 43.0 Å². The Morgan fingerprint density at radius 3 is 2.54 bits per heavy atom. The molecule has 1 aliphatic heterocycles. The van der Waals surface area contributed by atoms with Gasteiger partial charge in [-0.1, -0.05) is 18.2 Å². The summed E-state index contributed by atoms with van der Waals surface area (Å²) in [6.07, 6.45) is 5.90. The third kappa shape index (κ3) is 6.77. The van der Waals surface area contributed by atoms with Crippen LogP contribution in [0.2, 0.25) is 0 Å². The molecule has 9 heteroatoms. The third-order valence-corrected chi connectivity index (χ3v) is 5.90. The normalized spacial score (nSPS) is 13.3. The molecule has 4 rings (SSSR count). The highest BCUT2D eigenvalue weighted by atomic mass is 16.2. The third-order valence-electron chi connectivity index (χ3n) is 5.90. The molecule has 1 aromatic carbocycles. The van der Waals surface area contributed by atoms with Crippen molar-refractivity contribution in [1.82, 2.24) is 25.5 Å². The Labute approximate surface area is 205 Å². The second-order valence-corrected chi connectivity index (χ2v) is 8.39. The maximum Gasteiger partial charge on any atom is 0.319 e. The van der Waals surface area contributed by atoms with E-state index in [1.807, 2.05) is 42.5 Å². The van der Waals surface area contributed by atoms with E-state index >= 15 is 0 Å². The molecule has 1 aliphatic rings. The highest BCUT2D eigenvalue weighted by Crippen LogP contribution is 2.24. The first-order chi connectivity index (χ1) is 17.1. The summed E-state index contributed by atoms with van der Waals surface area (Å²) in [6, 6.07) is 14.5. The van der Waals surface area contributed by atoms with Crippen LogP contribution in [-0.4, -0.2) is 60.0 Å². The number of nitrogens with one attached hydrogen (secondary N) is 4. The highest BCUT2D eigenvalue weighted by molar-refractivity contribution is 5.99. The SMILES string of the molecule is CNC(=O)c1ccc(-c2ccc(NC(=O)NCc3cccnc3)cc2)nc1NCCN1CCCC1. The molecule has 9 nitrogen and oxygen atoms in total. The molecule has 182 valence electrons. The van der Waals surface area contributed by atoms with Crippen LogP contribution in [0.3, 0.4) is 0 Å². The van der Waals surface area contributed by atoms with E-state index in [4.69, 9.17) is 4.98 Å². The van der Waals surface area contributed by atoms with Gasteiger partial charge in [-0.3, -0.25) is 9.78 Å². The number of anilines is 2. The summed E-state index contributed by atoms with van der Waals surface area (Å²) in [7, 11) is 1.61. The fourth-order valence-electron chi connectivity index (χ4n) is 4.00. The first kappa shape index (κ1) is 24.2. The number of pyridine rings is 2. The van der Waals surface area contributed by atoms with E-state index in [9.17, 15) is 9.59 Å². The minimum absolute atomic E-state index is 0.176. The van der Waals surface area contributed by atoms with Gasteiger partial charge < -0.3 is 26.2 Å². The fraction of sp³-hybridized carbons (Fsp3) is 0.308. The maximum absolute atomic E-state index is 12.3. The molecule has 0 aliphatic carbocycles. The average Bonchev–Trinajstić information content (AvgIpc) is 3.42. The average molecular weight is 474 g/mol. The summed E-state index contributed by atoms with van der Waals surface area (Å²) in [5.41, 5.74) is 3.74. The summed E-state index contributed by atoms with van der Waals surface area (Å²) in [5, 5.41) is 11.7. The molecule has 4 N–H and O–H groups in total. The van der Waals surface area contributed by atoms with E-state index in [1.54, 1.807) is 25.5 Å². The van der Waals surface area contributed by atoms with Gasteiger partial charge in [-0.05, 0) is 61.8 Å². The molecule has 3 heterocycles. The second-order valence-electron chi connectivity index (χ2n) is 8.39. The van der Waals surface area contributed by atoms with Crippen molar-refractivity contribution in [3.8, 4) is 11.3 Å². The second kappa shape index (κ2) is 11.9. The first-order valence-electron chi connectivity index (χ1n) is 11.9. The largest absolute Gasteiger partial charge is 0.368 e. The Kier molecular flexibility index (Phi) is 8.24. The number of carbonyl (C=O) groups is 2. The van der Waals surface area contributed by atoms with Crippen LogP contribution in [0, 0.1) is 0 Å². The van der Waals surface area contributed by atoms with E-state index in [-0.39, 0.29) is 11.9 Å². The zero-order valence-electron chi connectivity index (χ0n) is 19.9. The number of amides is 3. The lowest BCUT2D eigenvalue weighted by atomic mass is 10.1. The predicted octanol–water partition coefficient (Wildman–Crippen LogP) is 3.33. The van der Waals surface area contributed by atoms with E-state index < -0.39 is 0 Å². The lowest BCUT2D eigenvalue weighted by Gasteiger charge is -2.17. The van der Waals surface area contributed by atoms with Gasteiger partial charge >= 0.3 is 6.03 Å². The predicted molar refractivity (Wildman–Crippen MR) is 137 cm³/mol. The number of urea groups is 1. The van der Waals surface area contributed by atoms with Crippen LogP contribution in [0.4, 0.5) is 16.3 Å². The maximum atomic E-state index is 12.3. The van der Waals surface area contributed by atoms with Crippen LogP contribution in [-0.2, 0) is 6.54 Å². The van der Waals surface area contributed by atoms with Crippen molar-refractivity contribution in [3.63, 3.8) is 0 Å². The van der Waals surface area contributed by atoms with Crippen LogP contribution in [0.15, 0.2) is 60.9 Å². The van der Waals surface area contributed by atoms with Crippen molar-refractivity contribution in [2.45, 2.75) is 19.4 Å². The van der Waals surface area contributed by atoms with Crippen molar-refractivity contribution in [2.75, 3.05) is 43.9 Å². The van der Waals surface area contributed by atoms with E-state index in [1.165, 1.54) is 12.8 Å². The molecular weight excluding hydrogens is 442 g/mol. The summed E-state index contributed by atoms with van der Waals surface area (Å²) in [6.45, 7) is 4.28. The van der Waals surface area contributed by atoms with Gasteiger partial charge in [0.1, 0.15) is 5.82 Å². The smallest absolute Gasteiger partial charge is 0.319 e. The molecule has 0 saturated carbocycles. The quantitative estimate of drug-likeness (QED) is 0.379. The summed E-state index contributed by atoms with van der Waals surface area (Å²) in [5.74, 6) is 0.391. The van der Waals surface area contributed by atoms with Gasteiger partial charge in [-0.2, -0.15) is 0 Å². The van der Waals surface area contributed by atoms with Crippen LogP contribution < -0.4 is 21.3 Å².